The number of ketones is 1. The van der Waals surface area contributed by atoms with E-state index in [4.69, 9.17) is 0 Å². The van der Waals surface area contributed by atoms with E-state index in [1.165, 1.54) is 15.8 Å². The van der Waals surface area contributed by atoms with E-state index in [2.05, 4.69) is 34.3 Å². The molecular weight excluding hydrogens is 1110 g/mol. The van der Waals surface area contributed by atoms with Crippen molar-refractivity contribution in [1.82, 2.24) is 0 Å². The summed E-state index contributed by atoms with van der Waals surface area (Å²) in [5.74, 6) is 0.111. The molecule has 0 aliphatic heterocycles. The minimum Gasteiger partial charge on any atom is -0.295 e. The fourth-order valence-corrected chi connectivity index (χ4v) is 9.10. The lowest BCUT2D eigenvalue weighted by molar-refractivity contribution is -0.658. The highest BCUT2D eigenvalue weighted by atomic mass is 32.1. The van der Waals surface area contributed by atoms with Crippen molar-refractivity contribution in [2.75, 3.05) is 0 Å². The van der Waals surface area contributed by atoms with Crippen molar-refractivity contribution in [2.45, 2.75) is 62.9 Å². The summed E-state index contributed by atoms with van der Waals surface area (Å²) in [6.45, 7) is 2.43. The Morgan fingerprint density at radius 2 is 0.658 bits per heavy atom. The van der Waals surface area contributed by atoms with Crippen molar-refractivity contribution < 1.29 is 115 Å². The molecule has 0 fully saturated rings. The third-order valence-electron chi connectivity index (χ3n) is 11.6. The molecule has 0 aliphatic rings. The Morgan fingerprint density at radius 1 is 0.395 bits per heavy atom. The number of aromatic nitrogens is 1. The van der Waals surface area contributed by atoms with Gasteiger partial charge < -0.3 is 0 Å². The van der Waals surface area contributed by atoms with Crippen LogP contribution in [0.2, 0.25) is 0 Å². The van der Waals surface area contributed by atoms with Crippen molar-refractivity contribution in [3.05, 3.63) is 182 Å². The number of carbonyl (C=O) groups is 1. The standard InChI is InChI=1S/C32H12BF24.C16H14NOS/c34-25(35,36)13-1-14(26(37,38)39)6-21(5-13)33(22-7-15(27(40,41)42)2-16(8-22)28(43,44)45,23-9-17(29(46,47)48)3-18(10-23)30(49,50)51)24-11-19(31(52,53)54)4-20(12-24)32(55,56)57;1-12(18)14-8-6-13(7-9-14)10-17-11-19-16-5-3-2-4-15(16)17/h1-12H;2-9,11H,10H2,1H3/q-1;+1. The van der Waals surface area contributed by atoms with Crippen LogP contribution in [0.5, 0.6) is 0 Å². The van der Waals surface area contributed by atoms with Crippen molar-refractivity contribution in [3.63, 3.8) is 0 Å². The van der Waals surface area contributed by atoms with Crippen molar-refractivity contribution in [3.8, 4) is 0 Å². The predicted octanol–water partition coefficient (Wildman–Crippen LogP) is 14.7. The molecule has 1 heterocycles. The molecule has 7 aromatic rings. The molecule has 2 nitrogen and oxygen atoms in total. The van der Waals surface area contributed by atoms with E-state index in [1.807, 2.05) is 24.3 Å². The average molecular weight is 1130 g/mol. The number of hydrogen-bond donors (Lipinski definition) is 0. The number of Topliss-reactive ketones (excluding diaryl/α,β-unsaturated/α-hetero) is 1. The monoisotopic (exact) mass is 1130 g/mol. The van der Waals surface area contributed by atoms with Crippen LogP contribution in [-0.2, 0) is 56.0 Å². The van der Waals surface area contributed by atoms with Gasteiger partial charge in [0.05, 0.1) is 44.5 Å². The zero-order chi connectivity index (χ0) is 57.2. The molecule has 0 bridgehead atoms. The summed E-state index contributed by atoms with van der Waals surface area (Å²) >= 11 is 1.75. The maximum atomic E-state index is 14.2. The van der Waals surface area contributed by atoms with Crippen molar-refractivity contribution >= 4 is 55.3 Å². The van der Waals surface area contributed by atoms with Crippen LogP contribution in [0.25, 0.3) is 10.2 Å². The average Bonchev–Trinajstić information content (AvgIpc) is 3.69. The van der Waals surface area contributed by atoms with E-state index in [9.17, 15) is 110 Å². The van der Waals surface area contributed by atoms with Gasteiger partial charge in [-0.25, -0.2) is 0 Å². The smallest absolute Gasteiger partial charge is 0.295 e. The number of thiazole rings is 1. The summed E-state index contributed by atoms with van der Waals surface area (Å²) in [5.41, 5.74) is -24.8. The zero-order valence-corrected chi connectivity index (χ0v) is 38.1. The minimum absolute atomic E-state index is 0.111. The molecule has 0 radical (unpaired) electrons. The van der Waals surface area contributed by atoms with E-state index < -0.39 is 195 Å². The van der Waals surface area contributed by atoms with Gasteiger partial charge in [-0.1, -0.05) is 96.3 Å². The molecule has 7 rings (SSSR count). The minimum atomic E-state index is -6.13. The Morgan fingerprint density at radius 3 is 0.908 bits per heavy atom. The first-order chi connectivity index (χ1) is 34.5. The van der Waals surface area contributed by atoms with E-state index in [1.54, 1.807) is 18.3 Å². The first-order valence-electron chi connectivity index (χ1n) is 20.8. The third-order valence-corrected chi connectivity index (χ3v) is 12.6. The molecule has 0 aliphatic carbocycles. The molecule has 0 N–H and O–H groups in total. The van der Waals surface area contributed by atoms with Crippen LogP contribution in [-0.4, -0.2) is 11.9 Å². The molecule has 76 heavy (non-hydrogen) atoms. The van der Waals surface area contributed by atoms with E-state index in [0.717, 1.165) is 12.1 Å². The topological polar surface area (TPSA) is 20.9 Å². The molecule has 28 heteroatoms. The number of hydrogen-bond acceptors (Lipinski definition) is 2. The highest BCUT2D eigenvalue weighted by Crippen LogP contribution is 2.41. The second kappa shape index (κ2) is 20.0. The number of alkyl halides is 24. The Bertz CT molecular complexity index is 2820. The quantitative estimate of drug-likeness (QED) is 0.0674. The number of fused-ring (bicyclic) bond motifs is 1. The Labute approximate surface area is 414 Å². The fourth-order valence-electron chi connectivity index (χ4n) is 8.21. The lowest BCUT2D eigenvalue weighted by atomic mass is 9.12. The number of rotatable bonds is 7. The molecule has 0 amide bonds. The number of benzene rings is 6. The molecule has 6 aromatic carbocycles. The number of carbonyl (C=O) groups excluding carboxylic acids is 1. The number of para-hydroxylation sites is 1. The van der Waals surface area contributed by atoms with Gasteiger partial charge in [0.1, 0.15) is 10.8 Å². The fraction of sp³-hybridized carbons (Fsp3) is 0.208. The predicted molar refractivity (Wildman–Crippen MR) is 228 cm³/mol. The van der Waals surface area contributed by atoms with Crippen molar-refractivity contribution in [1.29, 1.82) is 0 Å². The number of nitrogens with zero attached hydrogens (tertiary/aromatic N) is 1. The molecule has 0 unspecified atom stereocenters. The molecule has 0 saturated heterocycles. The lowest BCUT2D eigenvalue weighted by Gasteiger charge is -2.46. The Kier molecular flexibility index (Phi) is 15.4. The van der Waals surface area contributed by atoms with Crippen LogP contribution in [0.4, 0.5) is 105 Å². The lowest BCUT2D eigenvalue weighted by Crippen LogP contribution is -2.75. The largest absolute Gasteiger partial charge is 0.416 e. The van der Waals surface area contributed by atoms with Crippen LogP contribution in [0.3, 0.4) is 0 Å². The van der Waals surface area contributed by atoms with Gasteiger partial charge in [0.15, 0.2) is 12.3 Å². The zero-order valence-electron chi connectivity index (χ0n) is 37.2. The van der Waals surface area contributed by atoms with Gasteiger partial charge in [-0.2, -0.15) is 132 Å². The summed E-state index contributed by atoms with van der Waals surface area (Å²) in [7, 11) is 0. The van der Waals surface area contributed by atoms with E-state index in [0.29, 0.717) is 0 Å². The van der Waals surface area contributed by atoms with Gasteiger partial charge in [0, 0.05) is 17.2 Å². The Hall–Kier alpha value is -6.74. The summed E-state index contributed by atoms with van der Waals surface area (Å²) < 4.78 is 344. The first-order valence-corrected chi connectivity index (χ1v) is 21.7. The van der Waals surface area contributed by atoms with Crippen molar-refractivity contribution in [2.24, 2.45) is 0 Å². The van der Waals surface area contributed by atoms with Crippen LogP contribution < -0.4 is 26.4 Å². The highest BCUT2D eigenvalue weighted by molar-refractivity contribution is 7.20. The third kappa shape index (κ3) is 12.9. The first kappa shape index (κ1) is 58.5. The van der Waals surface area contributed by atoms with Gasteiger partial charge in [-0.05, 0) is 37.3 Å². The van der Waals surface area contributed by atoms with Gasteiger partial charge >= 0.3 is 49.4 Å². The molecule has 1 aromatic heterocycles. The molecule has 0 spiro atoms. The van der Waals surface area contributed by atoms with Gasteiger partial charge in [-0.3, -0.25) is 4.79 Å². The van der Waals surface area contributed by atoms with E-state index >= 15 is 0 Å². The summed E-state index contributed by atoms with van der Waals surface area (Å²) in [5, 5.41) is 0. The summed E-state index contributed by atoms with van der Waals surface area (Å²) in [6, 6.07) is 7.42. The maximum absolute atomic E-state index is 14.2. The van der Waals surface area contributed by atoms with Crippen LogP contribution in [0, 0.1) is 0 Å². The van der Waals surface area contributed by atoms with E-state index in [-0.39, 0.29) is 5.78 Å². The van der Waals surface area contributed by atoms with Crippen LogP contribution in [0.1, 0.15) is 67.4 Å². The van der Waals surface area contributed by atoms with Crippen LogP contribution >= 0.6 is 11.3 Å². The highest BCUT2D eigenvalue weighted by Gasteiger charge is 2.47. The molecule has 0 atom stereocenters. The van der Waals surface area contributed by atoms with Crippen LogP contribution in [0.15, 0.2) is 127 Å². The maximum Gasteiger partial charge on any atom is 0.416 e. The SMILES string of the molecule is CC(=O)c1ccc(C[n+]2csc3ccccc32)cc1.FC(F)(F)c1cc([B-](c2cc(C(F)(F)F)cc(C(F)(F)F)c2)(c2cc(C(F)(F)F)cc(C(F)(F)F)c2)c2cc(C(F)(F)F)cc(C(F)(F)F)c2)cc(C(F)(F)F)c1. The molecular formula is C48H26BF24NOS. The van der Waals surface area contributed by atoms with Gasteiger partial charge in [0.25, 0.3) is 0 Å². The van der Waals surface area contributed by atoms with Gasteiger partial charge in [-0.15, -0.1) is 0 Å². The Balaban J connectivity index is 0.000000408. The summed E-state index contributed by atoms with van der Waals surface area (Å²) in [4.78, 5) is 11.2. The summed E-state index contributed by atoms with van der Waals surface area (Å²) in [6.07, 6.45) is -54.8. The second-order valence-corrected chi connectivity index (χ2v) is 17.7. The second-order valence-electron chi connectivity index (χ2n) is 16.8. The molecule has 0 saturated carbocycles. The number of halogens is 24. The van der Waals surface area contributed by atoms with Gasteiger partial charge in [0.2, 0.25) is 11.0 Å². The molecule has 406 valence electrons. The normalized spacial score (nSPS) is 13.4.